The highest BCUT2D eigenvalue weighted by Gasteiger charge is 2.21. The Kier molecular flexibility index (Phi) is 5.17. The maximum Gasteiger partial charge on any atom is 0.262 e. The number of nitrogens with zero attached hydrogens (tertiary/aromatic N) is 2. The van der Waals surface area contributed by atoms with Crippen molar-refractivity contribution in [1.82, 2.24) is 14.9 Å². The van der Waals surface area contributed by atoms with Crippen molar-refractivity contribution in [3.63, 3.8) is 0 Å². The van der Waals surface area contributed by atoms with Crippen molar-refractivity contribution in [2.75, 3.05) is 13.2 Å². The van der Waals surface area contributed by atoms with E-state index in [-0.39, 0.29) is 24.8 Å². The van der Waals surface area contributed by atoms with E-state index in [0.717, 1.165) is 48.1 Å². The number of fused-ring (bicyclic) bond motifs is 3. The first kappa shape index (κ1) is 17.1. The molecule has 136 valence electrons. The number of nitrogens with one attached hydrogen (secondary N) is 1. The van der Waals surface area contributed by atoms with E-state index in [4.69, 9.17) is 4.74 Å². The minimum absolute atomic E-state index is 0.0406. The molecule has 2 N–H and O–H groups in total. The molecule has 2 aliphatic rings. The number of thiophene rings is 1. The minimum Gasteiger partial charge on any atom is -0.389 e. The Labute approximate surface area is 150 Å². The monoisotopic (exact) mass is 363 g/mol. The lowest BCUT2D eigenvalue weighted by molar-refractivity contribution is -0.0286. The average molecular weight is 363 g/mol. The van der Waals surface area contributed by atoms with E-state index in [1.165, 1.54) is 28.7 Å². The molecule has 4 rings (SSSR count). The summed E-state index contributed by atoms with van der Waals surface area (Å²) in [6, 6.07) is 0. The van der Waals surface area contributed by atoms with Gasteiger partial charge in [0.25, 0.3) is 5.56 Å². The van der Waals surface area contributed by atoms with Gasteiger partial charge in [-0.3, -0.25) is 9.36 Å². The first-order valence-corrected chi connectivity index (χ1v) is 10.0. The van der Waals surface area contributed by atoms with Crippen LogP contribution in [0.2, 0.25) is 0 Å². The van der Waals surface area contributed by atoms with Gasteiger partial charge in [0.2, 0.25) is 0 Å². The number of aliphatic hydroxyl groups excluding tert-OH is 1. The van der Waals surface area contributed by atoms with Gasteiger partial charge in [0.15, 0.2) is 0 Å². The predicted octanol–water partition coefficient (Wildman–Crippen LogP) is 1.81. The van der Waals surface area contributed by atoms with E-state index in [9.17, 15) is 9.90 Å². The number of rotatable bonds is 5. The van der Waals surface area contributed by atoms with Crippen molar-refractivity contribution in [3.8, 4) is 0 Å². The van der Waals surface area contributed by atoms with E-state index >= 15 is 0 Å². The maximum absolute atomic E-state index is 12.9. The lowest BCUT2D eigenvalue weighted by atomic mass is 9.98. The average Bonchev–Trinajstić information content (AvgIpc) is 3.02. The highest BCUT2D eigenvalue weighted by molar-refractivity contribution is 7.18. The van der Waals surface area contributed by atoms with Gasteiger partial charge in [-0.1, -0.05) is 19.3 Å². The van der Waals surface area contributed by atoms with Gasteiger partial charge in [-0.2, -0.15) is 0 Å². The third kappa shape index (κ3) is 3.65. The zero-order chi connectivity index (χ0) is 17.2. The SMILES string of the molecule is O=c1c2c3c(sc2ncn1CC(O)COC1CCCCC1)CNCC3. The van der Waals surface area contributed by atoms with Gasteiger partial charge in [-0.05, 0) is 31.4 Å². The summed E-state index contributed by atoms with van der Waals surface area (Å²) in [5, 5.41) is 14.4. The quantitative estimate of drug-likeness (QED) is 0.847. The first-order chi connectivity index (χ1) is 12.2. The molecule has 7 heteroatoms. The number of aromatic nitrogens is 2. The largest absolute Gasteiger partial charge is 0.389 e. The molecule has 3 heterocycles. The molecule has 2 aromatic heterocycles. The Balaban J connectivity index is 1.47. The van der Waals surface area contributed by atoms with E-state index in [1.54, 1.807) is 17.7 Å². The fourth-order valence-electron chi connectivity index (χ4n) is 3.84. The van der Waals surface area contributed by atoms with E-state index < -0.39 is 6.10 Å². The second-order valence-electron chi connectivity index (χ2n) is 7.06. The van der Waals surface area contributed by atoms with Gasteiger partial charge >= 0.3 is 0 Å². The van der Waals surface area contributed by atoms with Crippen molar-refractivity contribution in [2.24, 2.45) is 0 Å². The smallest absolute Gasteiger partial charge is 0.262 e. The molecule has 1 aliphatic heterocycles. The fraction of sp³-hybridized carbons (Fsp3) is 0.667. The second-order valence-corrected chi connectivity index (χ2v) is 8.14. The van der Waals surface area contributed by atoms with Crippen molar-refractivity contribution in [2.45, 2.75) is 63.8 Å². The van der Waals surface area contributed by atoms with Crippen LogP contribution in [0.1, 0.15) is 42.5 Å². The number of ether oxygens (including phenoxy) is 1. The molecule has 0 radical (unpaired) electrons. The normalized spacial score (nSPS) is 19.9. The van der Waals surface area contributed by atoms with E-state index in [1.807, 2.05) is 0 Å². The molecular formula is C18H25N3O3S. The number of aliphatic hydroxyl groups is 1. The van der Waals surface area contributed by atoms with Crippen LogP contribution in [0.15, 0.2) is 11.1 Å². The summed E-state index contributed by atoms with van der Waals surface area (Å²) in [5.41, 5.74) is 1.10. The highest BCUT2D eigenvalue weighted by Crippen LogP contribution is 2.29. The highest BCUT2D eigenvalue weighted by atomic mass is 32.1. The number of hydrogen-bond donors (Lipinski definition) is 2. The van der Waals surface area contributed by atoms with Crippen LogP contribution in [0, 0.1) is 0 Å². The molecule has 1 aliphatic carbocycles. The van der Waals surface area contributed by atoms with E-state index in [0.29, 0.717) is 0 Å². The first-order valence-electron chi connectivity index (χ1n) is 9.22. The van der Waals surface area contributed by atoms with Gasteiger partial charge in [-0.15, -0.1) is 11.3 Å². The molecule has 25 heavy (non-hydrogen) atoms. The lowest BCUT2D eigenvalue weighted by Gasteiger charge is -2.23. The maximum atomic E-state index is 12.9. The third-order valence-corrected chi connectivity index (χ3v) is 6.32. The van der Waals surface area contributed by atoms with E-state index in [2.05, 4.69) is 10.3 Å². The van der Waals surface area contributed by atoms with Crippen LogP contribution >= 0.6 is 11.3 Å². The molecule has 1 atom stereocenters. The van der Waals surface area contributed by atoms with Crippen LogP contribution < -0.4 is 10.9 Å². The summed E-state index contributed by atoms with van der Waals surface area (Å²) in [5.74, 6) is 0. The van der Waals surface area contributed by atoms with Crippen LogP contribution in [0.5, 0.6) is 0 Å². The lowest BCUT2D eigenvalue weighted by Crippen LogP contribution is -2.31. The third-order valence-electron chi connectivity index (χ3n) is 5.18. The molecule has 0 aromatic carbocycles. The van der Waals surface area contributed by atoms with Gasteiger partial charge in [0.1, 0.15) is 4.83 Å². The zero-order valence-electron chi connectivity index (χ0n) is 14.4. The molecule has 1 saturated carbocycles. The summed E-state index contributed by atoms with van der Waals surface area (Å²) >= 11 is 1.60. The molecule has 0 saturated heterocycles. The summed E-state index contributed by atoms with van der Waals surface area (Å²) in [7, 11) is 0. The van der Waals surface area contributed by atoms with Crippen LogP contribution in [0.25, 0.3) is 10.2 Å². The molecule has 0 spiro atoms. The van der Waals surface area contributed by atoms with Crippen LogP contribution in [-0.4, -0.2) is 40.0 Å². The van der Waals surface area contributed by atoms with Gasteiger partial charge < -0.3 is 15.2 Å². The summed E-state index contributed by atoms with van der Waals surface area (Å²) < 4.78 is 7.36. The molecule has 1 unspecified atom stereocenters. The Bertz CT molecular complexity index is 795. The molecule has 1 fully saturated rings. The van der Waals surface area contributed by atoms with Crippen LogP contribution in [0.4, 0.5) is 0 Å². The van der Waals surface area contributed by atoms with Crippen molar-refractivity contribution in [1.29, 1.82) is 0 Å². The fourth-order valence-corrected chi connectivity index (χ4v) is 4.99. The van der Waals surface area contributed by atoms with Crippen LogP contribution in [0.3, 0.4) is 0 Å². The van der Waals surface area contributed by atoms with Crippen molar-refractivity contribution >= 4 is 21.6 Å². The molecule has 0 amide bonds. The Morgan fingerprint density at radius 2 is 2.24 bits per heavy atom. The molecule has 2 aromatic rings. The van der Waals surface area contributed by atoms with Crippen molar-refractivity contribution in [3.05, 3.63) is 27.1 Å². The summed E-state index contributed by atoms with van der Waals surface area (Å²) in [6.07, 6.45) is 7.85. The van der Waals surface area contributed by atoms with Crippen molar-refractivity contribution < 1.29 is 9.84 Å². The standard InChI is InChI=1S/C18H25N3O3S/c22-12(10-24-13-4-2-1-3-5-13)9-21-11-20-17-16(18(21)23)14-6-7-19-8-15(14)25-17/h11-13,19,22H,1-10H2. The van der Waals surface area contributed by atoms with Gasteiger partial charge in [0, 0.05) is 11.4 Å². The Morgan fingerprint density at radius 1 is 1.40 bits per heavy atom. The molecule has 6 nitrogen and oxygen atoms in total. The summed E-state index contributed by atoms with van der Waals surface area (Å²) in [6.45, 7) is 2.22. The predicted molar refractivity (Wildman–Crippen MR) is 98.1 cm³/mol. The zero-order valence-corrected chi connectivity index (χ0v) is 15.2. The summed E-state index contributed by atoms with van der Waals surface area (Å²) in [4.78, 5) is 19.3. The van der Waals surface area contributed by atoms with Crippen LogP contribution in [-0.2, 0) is 24.2 Å². The Morgan fingerprint density at radius 3 is 3.08 bits per heavy atom. The molecule has 0 bridgehead atoms. The minimum atomic E-state index is -0.685. The Hall–Kier alpha value is -1.28. The second kappa shape index (κ2) is 7.53. The molecular weight excluding hydrogens is 338 g/mol. The van der Waals surface area contributed by atoms with Gasteiger partial charge in [-0.25, -0.2) is 4.98 Å². The van der Waals surface area contributed by atoms with Gasteiger partial charge in [0.05, 0.1) is 37.1 Å². The topological polar surface area (TPSA) is 76.4 Å². The number of hydrogen-bond acceptors (Lipinski definition) is 6.